The topological polar surface area (TPSA) is 53.5 Å². The molecule has 0 amide bonds. The molecule has 1 unspecified atom stereocenters. The van der Waals surface area contributed by atoms with Gasteiger partial charge in [-0.25, -0.2) is 0 Å². The molecule has 2 aliphatic rings. The smallest absolute Gasteiger partial charge is 0.379 e. The van der Waals surface area contributed by atoms with Gasteiger partial charge in [0.15, 0.2) is 0 Å². The van der Waals surface area contributed by atoms with Gasteiger partial charge in [0.25, 0.3) is 0 Å². The van der Waals surface area contributed by atoms with Gasteiger partial charge in [-0.15, -0.1) is 0 Å². The van der Waals surface area contributed by atoms with Crippen molar-refractivity contribution in [3.8, 4) is 0 Å². The van der Waals surface area contributed by atoms with Gasteiger partial charge in [-0.05, 0) is 49.1 Å². The first-order valence-corrected chi connectivity index (χ1v) is 11.2. The lowest BCUT2D eigenvalue weighted by Gasteiger charge is -2.42. The predicted molar refractivity (Wildman–Crippen MR) is 117 cm³/mol. The zero-order valence-electron chi connectivity index (χ0n) is 18.9. The summed E-state index contributed by atoms with van der Waals surface area (Å²) in [5.41, 5.74) is -3.43. The summed E-state index contributed by atoms with van der Waals surface area (Å²) in [7, 11) is 0. The minimum atomic E-state index is -4.93. The third-order valence-electron chi connectivity index (χ3n) is 6.65. The minimum Gasteiger partial charge on any atom is -0.379 e. The highest BCUT2D eigenvalue weighted by Gasteiger charge is 2.43. The molecular formula is C25H26F6N2O2. The molecule has 0 aliphatic carbocycles. The van der Waals surface area contributed by atoms with Crippen LogP contribution in [-0.4, -0.2) is 30.0 Å². The van der Waals surface area contributed by atoms with E-state index in [1.807, 2.05) is 42.5 Å². The number of rotatable bonds is 5. The Morgan fingerprint density at radius 1 is 1.00 bits per heavy atom. The molecule has 4 nitrogen and oxygen atoms in total. The van der Waals surface area contributed by atoms with E-state index in [0.29, 0.717) is 31.5 Å². The summed E-state index contributed by atoms with van der Waals surface area (Å²) >= 11 is 0. The number of hydrogen-bond donors (Lipinski definition) is 3. The average molecular weight is 500 g/mol. The highest BCUT2D eigenvalue weighted by atomic mass is 19.4. The van der Waals surface area contributed by atoms with Crippen LogP contribution in [0.2, 0.25) is 0 Å². The molecule has 2 aromatic rings. The summed E-state index contributed by atoms with van der Waals surface area (Å²) in [6, 6.07) is 10.7. The number of aliphatic hydroxyl groups is 1. The van der Waals surface area contributed by atoms with Gasteiger partial charge >= 0.3 is 12.4 Å². The molecule has 1 saturated heterocycles. The Hall–Kier alpha value is -2.40. The van der Waals surface area contributed by atoms with Crippen LogP contribution in [0.3, 0.4) is 0 Å². The lowest BCUT2D eigenvalue weighted by Crippen LogP contribution is -2.59. The quantitative estimate of drug-likeness (QED) is 0.386. The maximum Gasteiger partial charge on any atom is 0.416 e. The van der Waals surface area contributed by atoms with Gasteiger partial charge in [-0.3, -0.25) is 5.32 Å². The Bertz CT molecular complexity index is 1040. The second-order valence-corrected chi connectivity index (χ2v) is 9.17. The number of benzene rings is 2. The molecule has 0 saturated carbocycles. The van der Waals surface area contributed by atoms with Crippen LogP contribution in [0.1, 0.15) is 48.1 Å². The molecule has 190 valence electrons. The van der Waals surface area contributed by atoms with E-state index in [4.69, 9.17) is 4.74 Å². The Morgan fingerprint density at radius 3 is 2.11 bits per heavy atom. The SMILES string of the molecule is C[C@@H](OC[C@@]1(c2ccccc2)C=C[C@]2(CCC(O)N2)CN1)c1cc(C(F)(F)F)cc(C(F)(F)F)c1. The van der Waals surface area contributed by atoms with Gasteiger partial charge in [0.1, 0.15) is 6.23 Å². The highest BCUT2D eigenvalue weighted by Crippen LogP contribution is 2.39. The van der Waals surface area contributed by atoms with Gasteiger partial charge in [-0.1, -0.05) is 42.5 Å². The van der Waals surface area contributed by atoms with Crippen LogP contribution >= 0.6 is 0 Å². The summed E-state index contributed by atoms with van der Waals surface area (Å²) in [5, 5.41) is 16.5. The summed E-state index contributed by atoms with van der Waals surface area (Å²) < 4.78 is 85.6. The molecule has 0 radical (unpaired) electrons. The number of hydrogen-bond acceptors (Lipinski definition) is 4. The van der Waals surface area contributed by atoms with E-state index in [-0.39, 0.29) is 18.2 Å². The van der Waals surface area contributed by atoms with Gasteiger partial charge in [0.05, 0.1) is 34.9 Å². The number of ether oxygens (including phenoxy) is 1. The second kappa shape index (κ2) is 9.24. The monoisotopic (exact) mass is 500 g/mol. The van der Waals surface area contributed by atoms with Crippen LogP contribution in [0.4, 0.5) is 26.3 Å². The molecule has 2 aromatic carbocycles. The van der Waals surface area contributed by atoms with E-state index in [2.05, 4.69) is 10.6 Å². The molecule has 4 rings (SSSR count). The Labute approximate surface area is 199 Å². The summed E-state index contributed by atoms with van der Waals surface area (Å²) in [5.74, 6) is 0. The zero-order chi connectivity index (χ0) is 25.5. The minimum absolute atomic E-state index is 0.0368. The van der Waals surface area contributed by atoms with Crippen LogP contribution in [0, 0.1) is 0 Å². The molecule has 35 heavy (non-hydrogen) atoms. The number of nitrogens with one attached hydrogen (secondary N) is 2. The average Bonchev–Trinajstić information content (AvgIpc) is 3.18. The maximum atomic E-state index is 13.3. The Balaban J connectivity index is 1.61. The van der Waals surface area contributed by atoms with Crippen LogP contribution in [-0.2, 0) is 22.6 Å². The predicted octanol–water partition coefficient (Wildman–Crippen LogP) is 5.30. The van der Waals surface area contributed by atoms with E-state index in [1.54, 1.807) is 0 Å². The van der Waals surface area contributed by atoms with Gasteiger partial charge in [0.2, 0.25) is 0 Å². The van der Waals surface area contributed by atoms with Crippen LogP contribution in [0.5, 0.6) is 0 Å². The van der Waals surface area contributed by atoms with Crippen LogP contribution in [0.25, 0.3) is 0 Å². The molecular weight excluding hydrogens is 474 g/mol. The van der Waals surface area contributed by atoms with Gasteiger partial charge in [0, 0.05) is 6.54 Å². The number of alkyl halides is 6. The molecule has 4 atom stereocenters. The zero-order valence-corrected chi connectivity index (χ0v) is 18.9. The van der Waals surface area contributed by atoms with Crippen LogP contribution in [0.15, 0.2) is 60.7 Å². The van der Waals surface area contributed by atoms with Crippen LogP contribution < -0.4 is 10.6 Å². The molecule has 2 aliphatic heterocycles. The largest absolute Gasteiger partial charge is 0.416 e. The molecule has 1 spiro atoms. The van der Waals surface area contributed by atoms with Crippen molar-refractivity contribution in [2.75, 3.05) is 13.2 Å². The van der Waals surface area contributed by atoms with Crippen molar-refractivity contribution in [1.29, 1.82) is 0 Å². The molecule has 3 N–H and O–H groups in total. The van der Waals surface area contributed by atoms with E-state index in [1.165, 1.54) is 6.92 Å². The molecule has 1 fully saturated rings. The first-order chi connectivity index (χ1) is 16.3. The van der Waals surface area contributed by atoms with E-state index >= 15 is 0 Å². The Kier molecular flexibility index (Phi) is 6.78. The standard InChI is InChI=1S/C25H26F6N2O2/c1-16(17-11-19(24(26,27)28)13-20(12-17)25(29,30)31)35-15-23(18-5-3-2-4-6-18)10-9-22(14-32-23)8-7-21(34)33-22/h2-6,9-13,16,21,32-34H,7-8,14-15H2,1H3/t16-,21?,22-,23-/m1/s1. The van der Waals surface area contributed by atoms with Gasteiger partial charge < -0.3 is 15.2 Å². The first kappa shape index (κ1) is 25.7. The first-order valence-electron chi connectivity index (χ1n) is 11.2. The summed E-state index contributed by atoms with van der Waals surface area (Å²) in [6.45, 7) is 1.84. The normalized spacial score (nSPS) is 27.9. The molecule has 0 bridgehead atoms. The third kappa shape index (κ3) is 5.55. The number of aliphatic hydroxyl groups excluding tert-OH is 1. The maximum absolute atomic E-state index is 13.3. The number of halogens is 6. The summed E-state index contributed by atoms with van der Waals surface area (Å²) in [6.07, 6.45) is -6.38. The lowest BCUT2D eigenvalue weighted by molar-refractivity contribution is -0.143. The van der Waals surface area contributed by atoms with E-state index < -0.39 is 46.9 Å². The van der Waals surface area contributed by atoms with E-state index in [9.17, 15) is 31.4 Å². The fourth-order valence-electron chi connectivity index (χ4n) is 4.56. The van der Waals surface area contributed by atoms with Crippen molar-refractivity contribution in [2.24, 2.45) is 0 Å². The molecule has 10 heteroatoms. The fourth-order valence-corrected chi connectivity index (χ4v) is 4.56. The van der Waals surface area contributed by atoms with Crippen molar-refractivity contribution in [1.82, 2.24) is 10.6 Å². The fraction of sp³-hybridized carbons (Fsp3) is 0.440. The second-order valence-electron chi connectivity index (χ2n) is 9.17. The van der Waals surface area contributed by atoms with Crippen molar-refractivity contribution in [3.63, 3.8) is 0 Å². The van der Waals surface area contributed by atoms with Crippen molar-refractivity contribution in [3.05, 3.63) is 82.9 Å². The van der Waals surface area contributed by atoms with Crippen molar-refractivity contribution in [2.45, 2.75) is 55.5 Å². The lowest BCUT2D eigenvalue weighted by atomic mass is 9.82. The molecule has 0 aromatic heterocycles. The highest BCUT2D eigenvalue weighted by molar-refractivity contribution is 5.36. The Morgan fingerprint density at radius 2 is 1.63 bits per heavy atom. The summed E-state index contributed by atoms with van der Waals surface area (Å²) in [4.78, 5) is 0. The van der Waals surface area contributed by atoms with Crippen molar-refractivity contribution >= 4 is 0 Å². The molecule has 2 heterocycles. The van der Waals surface area contributed by atoms with E-state index in [0.717, 1.165) is 5.56 Å². The third-order valence-corrected chi connectivity index (χ3v) is 6.65. The van der Waals surface area contributed by atoms with Crippen molar-refractivity contribution < 1.29 is 36.2 Å². The van der Waals surface area contributed by atoms with Gasteiger partial charge in [-0.2, -0.15) is 26.3 Å².